The summed E-state index contributed by atoms with van der Waals surface area (Å²) in [6, 6.07) is 0.301. The van der Waals surface area contributed by atoms with Crippen molar-refractivity contribution in [1.82, 2.24) is 10.2 Å². The van der Waals surface area contributed by atoms with E-state index in [1.54, 1.807) is 0 Å². The Bertz CT molecular complexity index is 189. The van der Waals surface area contributed by atoms with Crippen LogP contribution in [0, 0.1) is 5.92 Å². The van der Waals surface area contributed by atoms with Gasteiger partial charge in [0.05, 0.1) is 0 Å². The zero-order valence-corrected chi connectivity index (χ0v) is 9.64. The average Bonchev–Trinajstić information content (AvgIpc) is 2.16. The summed E-state index contributed by atoms with van der Waals surface area (Å²) in [7, 11) is 0. The van der Waals surface area contributed by atoms with E-state index in [4.69, 9.17) is 5.73 Å². The molecule has 1 aliphatic rings. The van der Waals surface area contributed by atoms with Gasteiger partial charge in [0.2, 0.25) is 5.91 Å². The number of carbonyl (C=O) groups excluding carboxylic acids is 1. The zero-order chi connectivity index (χ0) is 9.84. The Kier molecular flexibility index (Phi) is 6.08. The van der Waals surface area contributed by atoms with Crippen molar-refractivity contribution < 1.29 is 4.79 Å². The summed E-state index contributed by atoms with van der Waals surface area (Å²) >= 11 is 0. The lowest BCUT2D eigenvalue weighted by Crippen LogP contribution is -2.54. The average molecular weight is 222 g/mol. The SMILES string of the molecule is CC(CN)C(=O)N1CCNC[C@@H]1C.Cl. The first-order chi connectivity index (χ1) is 6.16. The summed E-state index contributed by atoms with van der Waals surface area (Å²) in [6.45, 7) is 6.99. The summed E-state index contributed by atoms with van der Waals surface area (Å²) in [5.74, 6) is 0.150. The van der Waals surface area contributed by atoms with Crippen molar-refractivity contribution in [2.75, 3.05) is 26.2 Å². The molecule has 14 heavy (non-hydrogen) atoms. The maximum atomic E-state index is 11.8. The highest BCUT2D eigenvalue weighted by atomic mass is 35.5. The molecule has 5 heteroatoms. The molecule has 1 unspecified atom stereocenters. The Hall–Kier alpha value is -0.320. The first-order valence-corrected chi connectivity index (χ1v) is 4.88. The molecule has 0 radical (unpaired) electrons. The van der Waals surface area contributed by atoms with Crippen molar-refractivity contribution in [1.29, 1.82) is 0 Å². The summed E-state index contributed by atoms with van der Waals surface area (Å²) < 4.78 is 0. The number of nitrogens with zero attached hydrogens (tertiary/aromatic N) is 1. The molecule has 0 aromatic rings. The lowest BCUT2D eigenvalue weighted by Gasteiger charge is -2.35. The predicted octanol–water partition coefficient (Wildman–Crippen LogP) is -0.177. The molecule has 0 bridgehead atoms. The Morgan fingerprint density at radius 2 is 2.36 bits per heavy atom. The number of hydrogen-bond acceptors (Lipinski definition) is 3. The maximum Gasteiger partial charge on any atom is 0.227 e. The third-order valence-electron chi connectivity index (χ3n) is 2.56. The van der Waals surface area contributed by atoms with Gasteiger partial charge in [0, 0.05) is 38.1 Å². The van der Waals surface area contributed by atoms with Crippen LogP contribution in [0.2, 0.25) is 0 Å². The molecule has 2 atom stereocenters. The molecular weight excluding hydrogens is 202 g/mol. The zero-order valence-electron chi connectivity index (χ0n) is 8.82. The third-order valence-corrected chi connectivity index (χ3v) is 2.56. The van der Waals surface area contributed by atoms with Gasteiger partial charge >= 0.3 is 0 Å². The molecule has 0 aromatic heterocycles. The van der Waals surface area contributed by atoms with E-state index >= 15 is 0 Å². The summed E-state index contributed by atoms with van der Waals surface area (Å²) in [5, 5.41) is 3.25. The van der Waals surface area contributed by atoms with Gasteiger partial charge in [-0.15, -0.1) is 12.4 Å². The highest BCUT2D eigenvalue weighted by molar-refractivity contribution is 5.85. The highest BCUT2D eigenvalue weighted by Crippen LogP contribution is 2.07. The lowest BCUT2D eigenvalue weighted by atomic mass is 10.1. The van der Waals surface area contributed by atoms with E-state index in [-0.39, 0.29) is 24.2 Å². The second-order valence-electron chi connectivity index (χ2n) is 3.72. The van der Waals surface area contributed by atoms with Crippen LogP contribution < -0.4 is 11.1 Å². The van der Waals surface area contributed by atoms with Gasteiger partial charge in [-0.25, -0.2) is 0 Å². The van der Waals surface area contributed by atoms with Crippen molar-refractivity contribution in [2.45, 2.75) is 19.9 Å². The van der Waals surface area contributed by atoms with Crippen LogP contribution in [0.3, 0.4) is 0 Å². The number of rotatable bonds is 2. The van der Waals surface area contributed by atoms with Crippen LogP contribution in [-0.2, 0) is 4.79 Å². The molecule has 84 valence electrons. The summed E-state index contributed by atoms with van der Waals surface area (Å²) in [5.41, 5.74) is 5.46. The van der Waals surface area contributed by atoms with Crippen LogP contribution in [0.25, 0.3) is 0 Å². The monoisotopic (exact) mass is 221 g/mol. The number of hydrogen-bond donors (Lipinski definition) is 2. The van der Waals surface area contributed by atoms with Crippen LogP contribution in [0.1, 0.15) is 13.8 Å². The van der Waals surface area contributed by atoms with E-state index in [1.807, 2.05) is 11.8 Å². The number of piperazine rings is 1. The largest absolute Gasteiger partial charge is 0.337 e. The molecule has 0 saturated carbocycles. The molecule has 1 aliphatic heterocycles. The Labute approximate surface area is 91.6 Å². The quantitative estimate of drug-likeness (QED) is 0.681. The van der Waals surface area contributed by atoms with Crippen LogP contribution >= 0.6 is 12.4 Å². The molecule has 4 nitrogen and oxygen atoms in total. The predicted molar refractivity (Wildman–Crippen MR) is 59.5 cm³/mol. The number of nitrogens with two attached hydrogens (primary N) is 1. The van der Waals surface area contributed by atoms with E-state index in [2.05, 4.69) is 12.2 Å². The van der Waals surface area contributed by atoms with Gasteiger partial charge in [0.1, 0.15) is 0 Å². The molecule has 1 rings (SSSR count). The van der Waals surface area contributed by atoms with Crippen LogP contribution in [-0.4, -0.2) is 43.0 Å². The van der Waals surface area contributed by atoms with Gasteiger partial charge in [0.15, 0.2) is 0 Å². The van der Waals surface area contributed by atoms with E-state index in [9.17, 15) is 4.79 Å². The maximum absolute atomic E-state index is 11.8. The fraction of sp³-hybridized carbons (Fsp3) is 0.889. The molecule has 1 fully saturated rings. The summed E-state index contributed by atoms with van der Waals surface area (Å²) in [4.78, 5) is 13.7. The van der Waals surface area contributed by atoms with Crippen LogP contribution in [0.5, 0.6) is 0 Å². The molecule has 1 saturated heterocycles. The van der Waals surface area contributed by atoms with E-state index in [0.717, 1.165) is 19.6 Å². The fourth-order valence-electron chi connectivity index (χ4n) is 1.55. The first kappa shape index (κ1) is 13.7. The minimum Gasteiger partial charge on any atom is -0.337 e. The fourth-order valence-corrected chi connectivity index (χ4v) is 1.55. The molecule has 1 amide bonds. The highest BCUT2D eigenvalue weighted by Gasteiger charge is 2.25. The van der Waals surface area contributed by atoms with Gasteiger partial charge in [-0.2, -0.15) is 0 Å². The molecule has 0 aliphatic carbocycles. The van der Waals surface area contributed by atoms with E-state index in [0.29, 0.717) is 12.6 Å². The molecule has 0 aromatic carbocycles. The first-order valence-electron chi connectivity index (χ1n) is 4.88. The number of amides is 1. The van der Waals surface area contributed by atoms with Crippen LogP contribution in [0.4, 0.5) is 0 Å². The minimum absolute atomic E-state index is 0. The standard InChI is InChI=1S/C9H19N3O.ClH/c1-7(5-10)9(13)12-4-3-11-6-8(12)2;/h7-8,11H,3-6,10H2,1-2H3;1H/t7?,8-;/m0./s1. The van der Waals surface area contributed by atoms with Gasteiger partial charge in [0.25, 0.3) is 0 Å². The van der Waals surface area contributed by atoms with Gasteiger partial charge in [-0.1, -0.05) is 6.92 Å². The number of carbonyl (C=O) groups is 1. The van der Waals surface area contributed by atoms with Crippen molar-refractivity contribution in [3.05, 3.63) is 0 Å². The summed E-state index contributed by atoms with van der Waals surface area (Å²) in [6.07, 6.45) is 0. The molecular formula is C9H20ClN3O. The molecule has 3 N–H and O–H groups in total. The van der Waals surface area contributed by atoms with Crippen LogP contribution in [0.15, 0.2) is 0 Å². The Morgan fingerprint density at radius 1 is 1.71 bits per heavy atom. The lowest BCUT2D eigenvalue weighted by molar-refractivity contribution is -0.137. The topological polar surface area (TPSA) is 58.4 Å². The second-order valence-corrected chi connectivity index (χ2v) is 3.72. The van der Waals surface area contributed by atoms with Crippen molar-refractivity contribution in [3.8, 4) is 0 Å². The normalized spacial score (nSPS) is 23.9. The van der Waals surface area contributed by atoms with Gasteiger partial charge in [-0.3, -0.25) is 4.79 Å². The number of halogens is 1. The number of nitrogens with one attached hydrogen (secondary N) is 1. The molecule has 0 spiro atoms. The van der Waals surface area contributed by atoms with Crippen molar-refractivity contribution in [2.24, 2.45) is 11.7 Å². The molecule has 1 heterocycles. The van der Waals surface area contributed by atoms with Gasteiger partial charge in [-0.05, 0) is 6.92 Å². The smallest absolute Gasteiger partial charge is 0.227 e. The third kappa shape index (κ3) is 3.12. The van der Waals surface area contributed by atoms with E-state index < -0.39 is 0 Å². The van der Waals surface area contributed by atoms with Gasteiger partial charge < -0.3 is 16.0 Å². The Balaban J connectivity index is 0.00000169. The minimum atomic E-state index is -0.0412. The van der Waals surface area contributed by atoms with Crippen molar-refractivity contribution in [3.63, 3.8) is 0 Å². The van der Waals surface area contributed by atoms with Crippen molar-refractivity contribution >= 4 is 18.3 Å². The second kappa shape index (κ2) is 6.22. The van der Waals surface area contributed by atoms with E-state index in [1.165, 1.54) is 0 Å². The Morgan fingerprint density at radius 3 is 2.86 bits per heavy atom.